The van der Waals surface area contributed by atoms with Crippen molar-refractivity contribution in [1.29, 1.82) is 5.26 Å². The van der Waals surface area contributed by atoms with Crippen LogP contribution in [-0.4, -0.2) is 9.49 Å². The molecule has 0 aliphatic carbocycles. The Labute approximate surface area is 188 Å². The number of nitro groups is 1. The number of hydrogen-bond donors (Lipinski definition) is 0. The summed E-state index contributed by atoms with van der Waals surface area (Å²) < 4.78 is 2.09. The Morgan fingerprint density at radius 1 is 1.06 bits per heavy atom. The number of non-ortho nitro benzene ring substituents is 1. The van der Waals surface area contributed by atoms with Crippen LogP contribution in [0, 0.1) is 21.4 Å². The lowest BCUT2D eigenvalue weighted by Gasteiger charge is -2.06. The lowest BCUT2D eigenvalue weighted by molar-refractivity contribution is -0.384. The highest BCUT2D eigenvalue weighted by Crippen LogP contribution is 2.29. The minimum atomic E-state index is -0.462. The van der Waals surface area contributed by atoms with Crippen molar-refractivity contribution in [2.45, 2.75) is 6.54 Å². The number of nitrogens with zero attached hydrogens (tertiary/aromatic N) is 3. The average Bonchev–Trinajstić information content (AvgIpc) is 3.12. The van der Waals surface area contributed by atoms with Gasteiger partial charge in [0, 0.05) is 41.3 Å². The summed E-state index contributed by atoms with van der Waals surface area (Å²) in [5.41, 5.74) is 3.92. The fraction of sp³-hybridized carbons (Fsp3) is 0.0417. The zero-order chi connectivity index (χ0) is 22.0. The van der Waals surface area contributed by atoms with Crippen LogP contribution >= 0.6 is 23.2 Å². The normalized spacial score (nSPS) is 11.5. The summed E-state index contributed by atoms with van der Waals surface area (Å²) in [5, 5.41) is 22.6. The van der Waals surface area contributed by atoms with Crippen molar-refractivity contribution >= 4 is 51.4 Å². The van der Waals surface area contributed by atoms with Crippen LogP contribution < -0.4 is 0 Å². The molecule has 4 rings (SSSR count). The SMILES string of the molecule is N#C/C(=C/c1cn(Cc2ccc(Cl)c(Cl)c2)c2ccccc12)c1ccc([N+](=O)[O-])cc1. The van der Waals surface area contributed by atoms with Crippen molar-refractivity contribution in [3.05, 3.63) is 110 Å². The average molecular weight is 448 g/mol. The van der Waals surface area contributed by atoms with Crippen molar-refractivity contribution in [1.82, 2.24) is 4.57 Å². The number of nitriles is 1. The summed E-state index contributed by atoms with van der Waals surface area (Å²) in [6.45, 7) is 0.588. The number of hydrogen-bond acceptors (Lipinski definition) is 3. The van der Waals surface area contributed by atoms with Crippen LogP contribution in [0.4, 0.5) is 5.69 Å². The van der Waals surface area contributed by atoms with Crippen molar-refractivity contribution in [3.63, 3.8) is 0 Å². The Morgan fingerprint density at radius 2 is 1.81 bits per heavy atom. The first-order chi connectivity index (χ1) is 15.0. The highest BCUT2D eigenvalue weighted by Gasteiger charge is 2.11. The lowest BCUT2D eigenvalue weighted by atomic mass is 10.0. The Morgan fingerprint density at radius 3 is 2.48 bits per heavy atom. The van der Waals surface area contributed by atoms with Gasteiger partial charge in [-0.25, -0.2) is 0 Å². The fourth-order valence-electron chi connectivity index (χ4n) is 3.45. The van der Waals surface area contributed by atoms with Crippen LogP contribution in [-0.2, 0) is 6.54 Å². The van der Waals surface area contributed by atoms with E-state index in [1.165, 1.54) is 12.1 Å². The number of para-hydroxylation sites is 1. The number of rotatable bonds is 5. The Bertz CT molecular complexity index is 1370. The maximum Gasteiger partial charge on any atom is 0.269 e. The summed E-state index contributed by atoms with van der Waals surface area (Å²) in [7, 11) is 0. The molecule has 0 unspecified atom stereocenters. The zero-order valence-corrected chi connectivity index (χ0v) is 17.6. The molecule has 0 fully saturated rings. The van der Waals surface area contributed by atoms with Gasteiger partial charge in [-0.15, -0.1) is 0 Å². The summed E-state index contributed by atoms with van der Waals surface area (Å²) in [5.74, 6) is 0. The molecule has 4 aromatic rings. The van der Waals surface area contributed by atoms with Crippen LogP contribution in [0.5, 0.6) is 0 Å². The van der Waals surface area contributed by atoms with Gasteiger partial charge in [-0.2, -0.15) is 5.26 Å². The van der Waals surface area contributed by atoms with Crippen molar-refractivity contribution in [3.8, 4) is 6.07 Å². The molecule has 0 amide bonds. The molecule has 3 aromatic carbocycles. The predicted octanol–water partition coefficient (Wildman–Crippen LogP) is 6.97. The lowest BCUT2D eigenvalue weighted by Crippen LogP contribution is -1.97. The first-order valence-electron chi connectivity index (χ1n) is 9.34. The molecule has 152 valence electrons. The van der Waals surface area contributed by atoms with Crippen LogP contribution in [0.1, 0.15) is 16.7 Å². The number of halogens is 2. The number of nitro benzene ring substituents is 1. The van der Waals surface area contributed by atoms with E-state index in [4.69, 9.17) is 23.2 Å². The molecule has 0 saturated carbocycles. The first kappa shape index (κ1) is 20.7. The molecule has 0 atom stereocenters. The third-order valence-corrected chi connectivity index (χ3v) is 5.70. The number of benzene rings is 3. The van der Waals surface area contributed by atoms with E-state index < -0.39 is 4.92 Å². The molecule has 1 heterocycles. The van der Waals surface area contributed by atoms with Crippen LogP contribution in [0.25, 0.3) is 22.6 Å². The molecule has 0 saturated heterocycles. The Kier molecular flexibility index (Phi) is 5.77. The van der Waals surface area contributed by atoms with E-state index in [0.717, 1.165) is 22.0 Å². The number of fused-ring (bicyclic) bond motifs is 1. The largest absolute Gasteiger partial charge is 0.342 e. The molecule has 0 radical (unpaired) electrons. The van der Waals surface area contributed by atoms with Gasteiger partial charge in [-0.05, 0) is 47.5 Å². The van der Waals surface area contributed by atoms with Crippen LogP contribution in [0.15, 0.2) is 72.9 Å². The van der Waals surface area contributed by atoms with Gasteiger partial charge in [0.25, 0.3) is 5.69 Å². The van der Waals surface area contributed by atoms with Gasteiger partial charge in [0.2, 0.25) is 0 Å². The van der Waals surface area contributed by atoms with E-state index in [-0.39, 0.29) is 5.69 Å². The molecule has 1 aromatic heterocycles. The predicted molar refractivity (Wildman–Crippen MR) is 124 cm³/mol. The quantitative estimate of drug-likeness (QED) is 0.188. The van der Waals surface area contributed by atoms with Gasteiger partial charge >= 0.3 is 0 Å². The molecule has 0 N–H and O–H groups in total. The second kappa shape index (κ2) is 8.65. The molecule has 7 heteroatoms. The first-order valence-corrected chi connectivity index (χ1v) is 10.1. The molecule has 0 bridgehead atoms. The van der Waals surface area contributed by atoms with Crippen LogP contribution in [0.3, 0.4) is 0 Å². The third kappa shape index (κ3) is 4.31. The van der Waals surface area contributed by atoms with Gasteiger partial charge in [0.15, 0.2) is 0 Å². The van der Waals surface area contributed by atoms with E-state index in [2.05, 4.69) is 10.6 Å². The maximum absolute atomic E-state index is 10.9. The smallest absolute Gasteiger partial charge is 0.269 e. The fourth-order valence-corrected chi connectivity index (χ4v) is 3.77. The monoisotopic (exact) mass is 447 g/mol. The standard InChI is InChI=1S/C24H15Cl2N3O2/c25-22-10-5-16(11-23(22)26)14-28-15-19(21-3-1-2-4-24(21)28)12-18(13-27)17-6-8-20(9-7-17)29(30)31/h1-12,15H,14H2/b18-12-. The summed E-state index contributed by atoms with van der Waals surface area (Å²) >= 11 is 12.2. The minimum absolute atomic E-state index is 0.0146. The second-order valence-electron chi connectivity index (χ2n) is 6.95. The van der Waals surface area contributed by atoms with E-state index in [1.807, 2.05) is 42.6 Å². The van der Waals surface area contributed by atoms with E-state index >= 15 is 0 Å². The highest BCUT2D eigenvalue weighted by molar-refractivity contribution is 6.42. The van der Waals surface area contributed by atoms with E-state index in [9.17, 15) is 15.4 Å². The molecule has 0 aliphatic heterocycles. The summed E-state index contributed by atoms with van der Waals surface area (Å²) in [4.78, 5) is 10.4. The molecule has 5 nitrogen and oxygen atoms in total. The highest BCUT2D eigenvalue weighted by atomic mass is 35.5. The van der Waals surface area contributed by atoms with Gasteiger partial charge in [0.1, 0.15) is 0 Å². The van der Waals surface area contributed by atoms with Gasteiger partial charge in [-0.3, -0.25) is 10.1 Å². The van der Waals surface area contributed by atoms with E-state index in [1.54, 1.807) is 24.3 Å². The molecular formula is C24H15Cl2N3O2. The summed E-state index contributed by atoms with van der Waals surface area (Å²) in [6.07, 6.45) is 3.78. The maximum atomic E-state index is 10.9. The molecule has 0 spiro atoms. The van der Waals surface area contributed by atoms with Gasteiger partial charge in [0.05, 0.1) is 26.6 Å². The van der Waals surface area contributed by atoms with Crippen molar-refractivity contribution < 1.29 is 4.92 Å². The van der Waals surface area contributed by atoms with Crippen molar-refractivity contribution in [2.75, 3.05) is 0 Å². The molecule has 31 heavy (non-hydrogen) atoms. The number of aromatic nitrogens is 1. The molecular weight excluding hydrogens is 433 g/mol. The van der Waals surface area contributed by atoms with Crippen molar-refractivity contribution in [2.24, 2.45) is 0 Å². The van der Waals surface area contributed by atoms with Gasteiger partial charge in [-0.1, -0.05) is 47.5 Å². The molecule has 0 aliphatic rings. The van der Waals surface area contributed by atoms with E-state index in [0.29, 0.717) is 27.7 Å². The number of allylic oxidation sites excluding steroid dienone is 1. The Hall–Kier alpha value is -3.59. The topological polar surface area (TPSA) is 71.9 Å². The zero-order valence-electron chi connectivity index (χ0n) is 16.1. The third-order valence-electron chi connectivity index (χ3n) is 4.97. The van der Waals surface area contributed by atoms with Crippen LogP contribution in [0.2, 0.25) is 10.0 Å². The van der Waals surface area contributed by atoms with Gasteiger partial charge < -0.3 is 4.57 Å². The summed E-state index contributed by atoms with van der Waals surface area (Å²) in [6, 6.07) is 21.6. The second-order valence-corrected chi connectivity index (χ2v) is 7.77. The minimum Gasteiger partial charge on any atom is -0.342 e. The Balaban J connectivity index is 1.76.